The molecule has 1 aromatic carbocycles. The lowest BCUT2D eigenvalue weighted by molar-refractivity contribution is -0.177. The van der Waals surface area contributed by atoms with Crippen LogP contribution < -0.4 is 5.73 Å². The molecule has 0 aliphatic rings. The Morgan fingerprint density at radius 2 is 1.68 bits per heavy atom. The first-order valence-corrected chi connectivity index (χ1v) is 8.89. The summed E-state index contributed by atoms with van der Waals surface area (Å²) in [7, 11) is 0. The number of carbonyl (C=O) groups excluding carboxylic acids is 1. The zero-order valence-electron chi connectivity index (χ0n) is 14.7. The van der Waals surface area contributed by atoms with Gasteiger partial charge in [0.05, 0.1) is 5.92 Å². The topological polar surface area (TPSA) is 52.3 Å². The Labute approximate surface area is 147 Å². The lowest BCUT2D eigenvalue weighted by Crippen LogP contribution is -2.47. The maximum atomic E-state index is 13.0. The van der Waals surface area contributed by atoms with Gasteiger partial charge in [0.2, 0.25) is 0 Å². The number of halogens is 3. The minimum absolute atomic E-state index is 0.0444. The highest BCUT2D eigenvalue weighted by atomic mass is 19.4. The summed E-state index contributed by atoms with van der Waals surface area (Å²) in [6.45, 7) is 2.05. The molecular formula is C19H28F3NO2. The molecule has 0 radical (unpaired) electrons. The fourth-order valence-corrected chi connectivity index (χ4v) is 2.65. The number of alkyl halides is 3. The Balaban J connectivity index is 2.55. The number of unbranched alkanes of at least 4 members (excludes halogenated alkanes) is 5. The number of esters is 1. The van der Waals surface area contributed by atoms with Crippen LogP contribution in [0.4, 0.5) is 13.2 Å². The van der Waals surface area contributed by atoms with Gasteiger partial charge in [-0.3, -0.25) is 4.79 Å². The van der Waals surface area contributed by atoms with Crippen LogP contribution in [0.25, 0.3) is 0 Å². The average molecular weight is 359 g/mol. The minimum atomic E-state index is -4.61. The van der Waals surface area contributed by atoms with Crippen molar-refractivity contribution in [1.29, 1.82) is 0 Å². The number of ether oxygens (including phenoxy) is 1. The zero-order valence-corrected chi connectivity index (χ0v) is 14.7. The van der Waals surface area contributed by atoms with Gasteiger partial charge in [0.15, 0.2) is 0 Å². The fourth-order valence-electron chi connectivity index (χ4n) is 2.65. The molecular weight excluding hydrogens is 331 g/mol. The van der Waals surface area contributed by atoms with E-state index in [-0.39, 0.29) is 13.0 Å². The number of rotatable bonds is 11. The lowest BCUT2D eigenvalue weighted by Gasteiger charge is -2.24. The van der Waals surface area contributed by atoms with Crippen molar-refractivity contribution in [3.8, 4) is 0 Å². The molecule has 0 aliphatic heterocycles. The summed E-state index contributed by atoms with van der Waals surface area (Å²) in [5.41, 5.74) is 6.03. The maximum absolute atomic E-state index is 13.0. The van der Waals surface area contributed by atoms with E-state index in [4.69, 9.17) is 10.5 Å². The smallest absolute Gasteiger partial charge is 0.404 e. The van der Waals surface area contributed by atoms with E-state index in [1.54, 1.807) is 24.3 Å². The van der Waals surface area contributed by atoms with Gasteiger partial charge >= 0.3 is 12.1 Å². The first-order chi connectivity index (χ1) is 11.9. The molecule has 1 aromatic rings. The Morgan fingerprint density at radius 3 is 2.28 bits per heavy atom. The van der Waals surface area contributed by atoms with E-state index in [0.717, 1.165) is 37.7 Å². The van der Waals surface area contributed by atoms with Crippen LogP contribution in [0.3, 0.4) is 0 Å². The third-order valence-electron chi connectivity index (χ3n) is 4.21. The second-order valence-electron chi connectivity index (χ2n) is 6.32. The van der Waals surface area contributed by atoms with Crippen LogP contribution in [0.15, 0.2) is 30.3 Å². The molecule has 0 heterocycles. The van der Waals surface area contributed by atoms with Crippen LogP contribution >= 0.6 is 0 Å². The fraction of sp³-hybridized carbons (Fsp3) is 0.632. The average Bonchev–Trinajstić information content (AvgIpc) is 2.58. The first kappa shape index (κ1) is 21.5. The molecule has 2 atom stereocenters. The normalized spacial score (nSPS) is 14.1. The van der Waals surface area contributed by atoms with Crippen LogP contribution in [0.2, 0.25) is 0 Å². The summed E-state index contributed by atoms with van der Waals surface area (Å²) in [5.74, 6) is -2.22. The highest BCUT2D eigenvalue weighted by Gasteiger charge is 2.45. The molecule has 0 unspecified atom stereocenters. The van der Waals surface area contributed by atoms with E-state index < -0.39 is 24.1 Å². The minimum Gasteiger partial charge on any atom is -0.461 e. The van der Waals surface area contributed by atoms with Gasteiger partial charge in [-0.05, 0) is 12.0 Å². The predicted octanol–water partition coefficient (Wildman–Crippen LogP) is 4.99. The van der Waals surface area contributed by atoms with Gasteiger partial charge in [-0.1, -0.05) is 75.8 Å². The molecule has 3 nitrogen and oxygen atoms in total. The molecule has 0 spiro atoms. The van der Waals surface area contributed by atoms with Gasteiger partial charge in [-0.2, -0.15) is 13.2 Å². The molecule has 6 heteroatoms. The molecule has 0 fully saturated rings. The zero-order chi connectivity index (χ0) is 18.7. The van der Waals surface area contributed by atoms with Crippen molar-refractivity contribution in [2.24, 2.45) is 11.7 Å². The number of hydrogen-bond acceptors (Lipinski definition) is 3. The Bertz CT molecular complexity index is 491. The summed E-state index contributed by atoms with van der Waals surface area (Å²) in [4.78, 5) is 12.2. The number of hydrogen-bond donors (Lipinski definition) is 1. The SMILES string of the molecule is CCCCCCCC[C@H](C(=O)OCc1ccccc1)[C@H](N)C(F)(F)F. The molecule has 0 saturated carbocycles. The molecule has 0 amide bonds. The van der Waals surface area contributed by atoms with E-state index in [9.17, 15) is 18.0 Å². The van der Waals surface area contributed by atoms with Crippen molar-refractivity contribution in [3.63, 3.8) is 0 Å². The molecule has 142 valence electrons. The Morgan fingerprint density at radius 1 is 1.08 bits per heavy atom. The van der Waals surface area contributed by atoms with Crippen molar-refractivity contribution in [1.82, 2.24) is 0 Å². The summed E-state index contributed by atoms with van der Waals surface area (Å²) in [6.07, 6.45) is 1.06. The van der Waals surface area contributed by atoms with E-state index >= 15 is 0 Å². The quantitative estimate of drug-likeness (QED) is 0.447. The second-order valence-corrected chi connectivity index (χ2v) is 6.32. The number of carbonyl (C=O) groups is 1. The van der Waals surface area contributed by atoms with Crippen LogP contribution in [0, 0.1) is 5.92 Å². The van der Waals surface area contributed by atoms with Gasteiger partial charge in [-0.25, -0.2) is 0 Å². The molecule has 25 heavy (non-hydrogen) atoms. The summed E-state index contributed by atoms with van der Waals surface area (Å²) in [6, 6.07) is 6.68. The van der Waals surface area contributed by atoms with E-state index in [1.165, 1.54) is 0 Å². The highest BCUT2D eigenvalue weighted by molar-refractivity contribution is 5.73. The van der Waals surface area contributed by atoms with Crippen molar-refractivity contribution < 1.29 is 22.7 Å². The largest absolute Gasteiger partial charge is 0.461 e. The lowest BCUT2D eigenvalue weighted by atomic mass is 9.93. The summed E-state index contributed by atoms with van der Waals surface area (Å²) in [5, 5.41) is 0. The van der Waals surface area contributed by atoms with E-state index in [2.05, 4.69) is 6.92 Å². The number of nitrogens with two attached hydrogens (primary N) is 1. The van der Waals surface area contributed by atoms with Crippen molar-refractivity contribution in [2.75, 3.05) is 0 Å². The Kier molecular flexibility index (Phi) is 9.57. The van der Waals surface area contributed by atoms with Crippen LogP contribution in [-0.4, -0.2) is 18.2 Å². The van der Waals surface area contributed by atoms with Crippen molar-refractivity contribution in [2.45, 2.75) is 70.7 Å². The molecule has 2 N–H and O–H groups in total. The van der Waals surface area contributed by atoms with Gasteiger partial charge in [0.25, 0.3) is 0 Å². The van der Waals surface area contributed by atoms with Gasteiger partial charge in [-0.15, -0.1) is 0 Å². The summed E-state index contributed by atoms with van der Waals surface area (Å²) < 4.78 is 44.0. The highest BCUT2D eigenvalue weighted by Crippen LogP contribution is 2.28. The second kappa shape index (κ2) is 11.1. The van der Waals surface area contributed by atoms with Crippen LogP contribution in [-0.2, 0) is 16.1 Å². The molecule has 0 saturated heterocycles. The van der Waals surface area contributed by atoms with Crippen LogP contribution in [0.5, 0.6) is 0 Å². The molecule has 0 bridgehead atoms. The number of benzene rings is 1. The Hall–Kier alpha value is -1.56. The van der Waals surface area contributed by atoms with Gasteiger partial charge in [0.1, 0.15) is 12.6 Å². The van der Waals surface area contributed by atoms with Crippen LogP contribution in [0.1, 0.15) is 57.4 Å². The van der Waals surface area contributed by atoms with Gasteiger partial charge < -0.3 is 10.5 Å². The van der Waals surface area contributed by atoms with E-state index in [1.807, 2.05) is 6.07 Å². The first-order valence-electron chi connectivity index (χ1n) is 8.89. The van der Waals surface area contributed by atoms with E-state index in [0.29, 0.717) is 6.42 Å². The van der Waals surface area contributed by atoms with Crippen molar-refractivity contribution in [3.05, 3.63) is 35.9 Å². The third kappa shape index (κ3) is 8.38. The predicted molar refractivity (Wildman–Crippen MR) is 91.8 cm³/mol. The standard InChI is InChI=1S/C19H28F3NO2/c1-2-3-4-5-6-10-13-16(17(23)19(20,21)22)18(24)25-14-15-11-8-7-9-12-15/h7-9,11-12,16-17H,2-6,10,13-14,23H2,1H3/t16-,17-/m0/s1. The summed E-state index contributed by atoms with van der Waals surface area (Å²) >= 11 is 0. The van der Waals surface area contributed by atoms with Gasteiger partial charge in [0, 0.05) is 0 Å². The maximum Gasteiger partial charge on any atom is 0.404 e. The molecule has 0 aromatic heterocycles. The third-order valence-corrected chi connectivity index (χ3v) is 4.21. The molecule has 1 rings (SSSR count). The monoisotopic (exact) mass is 359 g/mol. The van der Waals surface area contributed by atoms with Crippen molar-refractivity contribution >= 4 is 5.97 Å². The molecule has 0 aliphatic carbocycles.